The average molecular weight is 418 g/mol. The number of H-pyrrole nitrogens is 1. The summed E-state index contributed by atoms with van der Waals surface area (Å²) in [6.07, 6.45) is -2.87. The molecule has 0 saturated carbocycles. The number of aryl methyl sites for hydroxylation is 1. The zero-order valence-electron chi connectivity index (χ0n) is 16.9. The number of benzene rings is 1. The second kappa shape index (κ2) is 6.68. The predicted octanol–water partition coefficient (Wildman–Crippen LogP) is 2.44. The lowest BCUT2D eigenvalue weighted by atomic mass is 10.1. The number of aromatic amines is 1. The lowest BCUT2D eigenvalue weighted by molar-refractivity contribution is -0.137. The summed E-state index contributed by atoms with van der Waals surface area (Å²) >= 11 is 0. The Morgan fingerprint density at radius 2 is 2.00 bits per heavy atom. The van der Waals surface area contributed by atoms with E-state index in [4.69, 9.17) is 0 Å². The van der Waals surface area contributed by atoms with Crippen molar-refractivity contribution in [2.45, 2.75) is 38.5 Å². The average Bonchev–Trinajstić information content (AvgIpc) is 3.20. The fraction of sp³-hybridized carbons (Fsp3) is 0.400. The van der Waals surface area contributed by atoms with Crippen molar-refractivity contribution < 1.29 is 18.0 Å². The summed E-state index contributed by atoms with van der Waals surface area (Å²) in [5, 5.41) is 8.31. The van der Waals surface area contributed by atoms with E-state index in [1.807, 2.05) is 20.8 Å². The molecule has 2 N–H and O–H groups in total. The van der Waals surface area contributed by atoms with Gasteiger partial charge in [0.15, 0.2) is 5.49 Å². The van der Waals surface area contributed by atoms with Crippen LogP contribution in [0.4, 0.5) is 13.2 Å². The zero-order chi connectivity index (χ0) is 21.8. The van der Waals surface area contributed by atoms with E-state index in [1.54, 1.807) is 13.2 Å². The van der Waals surface area contributed by atoms with E-state index >= 15 is 0 Å². The molecule has 3 aromatic rings. The number of aromatic nitrogens is 3. The molecule has 30 heavy (non-hydrogen) atoms. The molecule has 0 bridgehead atoms. The van der Waals surface area contributed by atoms with Crippen molar-refractivity contribution in [2.75, 3.05) is 6.54 Å². The first-order valence-electron chi connectivity index (χ1n) is 9.40. The second-order valence-electron chi connectivity index (χ2n) is 8.33. The second-order valence-corrected chi connectivity index (χ2v) is 8.33. The fourth-order valence-corrected chi connectivity index (χ4v) is 3.47. The molecule has 1 aliphatic rings. The molecule has 0 aliphatic carbocycles. The number of rotatable bonds is 2. The van der Waals surface area contributed by atoms with E-state index in [-0.39, 0.29) is 12.5 Å². The first kappa shape index (κ1) is 20.1. The van der Waals surface area contributed by atoms with Gasteiger partial charge in [0, 0.05) is 24.2 Å². The summed E-state index contributed by atoms with van der Waals surface area (Å²) in [5.41, 5.74) is 0.612. The molecule has 1 aliphatic heterocycles. The Bertz CT molecular complexity index is 1260. The van der Waals surface area contributed by atoms with Crippen LogP contribution in [0.2, 0.25) is 0 Å². The highest BCUT2D eigenvalue weighted by Gasteiger charge is 2.32. The predicted molar refractivity (Wildman–Crippen MR) is 104 cm³/mol. The van der Waals surface area contributed by atoms with Crippen LogP contribution < -0.4 is 16.2 Å². The third-order valence-corrected chi connectivity index (χ3v) is 4.80. The molecular weight excluding hydrogens is 397 g/mol. The Kier molecular flexibility index (Phi) is 4.48. The Morgan fingerprint density at radius 1 is 1.27 bits per heavy atom. The number of hydrogen-bond acceptors (Lipinski definition) is 4. The number of alkyl halides is 3. The van der Waals surface area contributed by atoms with Gasteiger partial charge in [-0.3, -0.25) is 19.5 Å². The molecule has 1 unspecified atom stereocenters. The van der Waals surface area contributed by atoms with E-state index in [9.17, 15) is 18.0 Å². The van der Waals surface area contributed by atoms with Gasteiger partial charge in [-0.1, -0.05) is 6.07 Å². The number of amides is 1. The van der Waals surface area contributed by atoms with Gasteiger partial charge in [-0.05, 0) is 32.9 Å². The van der Waals surface area contributed by atoms with Gasteiger partial charge in [0.25, 0.3) is 5.91 Å². The standard InChI is InChI=1S/C20H21F3N6O/c1-19(2,3)27-18(30)12-8-24-17-16(12)26-13(9-25-17)15-11-6-5-10(20(21,22)23)7-14(11)29(4)28-15/h5-8,13H,9H2,1-4H3,(H,24,25)(H,27,30). The van der Waals surface area contributed by atoms with Gasteiger partial charge in [-0.15, -0.1) is 0 Å². The van der Waals surface area contributed by atoms with Crippen LogP contribution in [0.15, 0.2) is 34.4 Å². The van der Waals surface area contributed by atoms with Gasteiger partial charge in [0.2, 0.25) is 0 Å². The van der Waals surface area contributed by atoms with Crippen molar-refractivity contribution in [2.24, 2.45) is 17.0 Å². The van der Waals surface area contributed by atoms with Crippen LogP contribution in [-0.2, 0) is 13.2 Å². The maximum atomic E-state index is 13.1. The van der Waals surface area contributed by atoms with Crippen molar-refractivity contribution in [3.8, 4) is 0 Å². The molecule has 0 spiro atoms. The number of fused-ring (bicyclic) bond motifs is 2. The quantitative estimate of drug-likeness (QED) is 0.670. The van der Waals surface area contributed by atoms with E-state index < -0.39 is 23.3 Å². The summed E-state index contributed by atoms with van der Waals surface area (Å²) in [4.78, 5) is 24.7. The Hall–Kier alpha value is -3.17. The van der Waals surface area contributed by atoms with Crippen LogP contribution in [0.25, 0.3) is 10.9 Å². The van der Waals surface area contributed by atoms with Crippen molar-refractivity contribution in [3.63, 3.8) is 0 Å². The molecule has 158 valence electrons. The van der Waals surface area contributed by atoms with E-state index in [0.29, 0.717) is 33.0 Å². The molecule has 0 radical (unpaired) electrons. The summed E-state index contributed by atoms with van der Waals surface area (Å²) in [6.45, 7) is 5.91. The number of halogens is 3. The molecule has 2 aromatic heterocycles. The molecule has 0 fully saturated rings. The molecule has 1 atom stereocenters. The highest BCUT2D eigenvalue weighted by Crippen LogP contribution is 2.33. The third-order valence-electron chi connectivity index (χ3n) is 4.80. The van der Waals surface area contributed by atoms with Crippen molar-refractivity contribution in [3.05, 3.63) is 52.1 Å². The maximum absolute atomic E-state index is 13.1. The molecule has 3 heterocycles. The van der Waals surface area contributed by atoms with Crippen LogP contribution in [0, 0.1) is 0 Å². The Morgan fingerprint density at radius 3 is 2.67 bits per heavy atom. The normalized spacial score (nSPS) is 16.7. The molecular formula is C20H21F3N6O. The van der Waals surface area contributed by atoms with E-state index in [0.717, 1.165) is 12.1 Å². The SMILES string of the molecule is Cn1nc(C2CN=c3[nH]cc(C(=O)NC(C)(C)C)c3=N2)c2ccc(C(F)(F)F)cc21. The monoisotopic (exact) mass is 418 g/mol. The van der Waals surface area contributed by atoms with Gasteiger partial charge < -0.3 is 10.3 Å². The van der Waals surface area contributed by atoms with Crippen molar-refractivity contribution in [1.82, 2.24) is 20.1 Å². The Balaban J connectivity index is 1.78. The highest BCUT2D eigenvalue weighted by molar-refractivity contribution is 5.94. The van der Waals surface area contributed by atoms with Gasteiger partial charge in [-0.25, -0.2) is 0 Å². The summed E-state index contributed by atoms with van der Waals surface area (Å²) < 4.78 is 40.6. The van der Waals surface area contributed by atoms with Crippen molar-refractivity contribution >= 4 is 16.8 Å². The molecule has 10 heteroatoms. The summed E-state index contributed by atoms with van der Waals surface area (Å²) in [5.74, 6) is -0.278. The van der Waals surface area contributed by atoms with Crippen LogP contribution in [0.5, 0.6) is 0 Å². The number of carbonyl (C=O) groups excluding carboxylic acids is 1. The lowest BCUT2D eigenvalue weighted by Crippen LogP contribution is -2.43. The van der Waals surface area contributed by atoms with Gasteiger partial charge in [0.05, 0.1) is 28.9 Å². The van der Waals surface area contributed by atoms with Gasteiger partial charge in [0.1, 0.15) is 11.4 Å². The topological polar surface area (TPSA) is 87.4 Å². The number of hydrogen-bond donors (Lipinski definition) is 2. The Labute approximate surface area is 169 Å². The maximum Gasteiger partial charge on any atom is 0.416 e. The molecule has 1 aromatic carbocycles. The molecule has 7 nitrogen and oxygen atoms in total. The number of carbonyl (C=O) groups is 1. The molecule has 1 amide bonds. The van der Waals surface area contributed by atoms with Crippen LogP contribution in [-0.4, -0.2) is 32.8 Å². The largest absolute Gasteiger partial charge is 0.416 e. The van der Waals surface area contributed by atoms with Gasteiger partial charge in [-0.2, -0.15) is 18.3 Å². The third kappa shape index (κ3) is 3.57. The van der Waals surface area contributed by atoms with E-state index in [2.05, 4.69) is 25.4 Å². The van der Waals surface area contributed by atoms with Crippen LogP contribution in [0.3, 0.4) is 0 Å². The van der Waals surface area contributed by atoms with Gasteiger partial charge >= 0.3 is 6.18 Å². The first-order chi connectivity index (χ1) is 13.9. The number of nitrogens with zero attached hydrogens (tertiary/aromatic N) is 4. The first-order valence-corrected chi connectivity index (χ1v) is 9.40. The smallest absolute Gasteiger partial charge is 0.347 e. The zero-order valence-corrected chi connectivity index (χ0v) is 16.9. The highest BCUT2D eigenvalue weighted by atomic mass is 19.4. The molecule has 4 rings (SSSR count). The number of nitrogens with one attached hydrogen (secondary N) is 2. The lowest BCUT2D eigenvalue weighted by Gasteiger charge is -2.20. The van der Waals surface area contributed by atoms with Crippen LogP contribution >= 0.6 is 0 Å². The minimum absolute atomic E-state index is 0.278. The van der Waals surface area contributed by atoms with Crippen molar-refractivity contribution in [1.29, 1.82) is 0 Å². The summed E-state index contributed by atoms with van der Waals surface area (Å²) in [7, 11) is 1.59. The summed E-state index contributed by atoms with van der Waals surface area (Å²) in [6, 6.07) is 3.03. The minimum atomic E-state index is -4.43. The van der Waals surface area contributed by atoms with E-state index in [1.165, 1.54) is 10.7 Å². The minimum Gasteiger partial charge on any atom is -0.347 e. The fourth-order valence-electron chi connectivity index (χ4n) is 3.47. The molecule has 0 saturated heterocycles. The van der Waals surface area contributed by atoms with Crippen LogP contribution in [0.1, 0.15) is 48.4 Å².